The van der Waals surface area contributed by atoms with Gasteiger partial charge in [-0.3, -0.25) is 14.5 Å². The second kappa shape index (κ2) is 9.61. The van der Waals surface area contributed by atoms with E-state index in [1.54, 1.807) is 23.1 Å². The highest BCUT2D eigenvalue weighted by Gasteiger charge is 2.39. The van der Waals surface area contributed by atoms with Crippen molar-refractivity contribution in [1.29, 1.82) is 0 Å². The standard InChI is InChI=1S/C25H22F6N2O3/c1-15(34)13-32-6-7-33(20(14-32)12-21-10-16-4-2-3-5-22(16)36-21)23(35)17-8-18(24(26,27)28)11-19(9-17)25(29,30)31/h2-5,8-11,20H,6-7,12-14H2,1H3. The Balaban J connectivity index is 1.68. The molecule has 1 amide bonds. The highest BCUT2D eigenvalue weighted by atomic mass is 19.4. The minimum atomic E-state index is -5.07. The summed E-state index contributed by atoms with van der Waals surface area (Å²) in [7, 11) is 0. The van der Waals surface area contributed by atoms with Crippen molar-refractivity contribution in [2.75, 3.05) is 26.2 Å². The van der Waals surface area contributed by atoms with Crippen LogP contribution >= 0.6 is 0 Å². The number of carbonyl (C=O) groups is 2. The molecule has 0 spiro atoms. The van der Waals surface area contributed by atoms with Crippen molar-refractivity contribution in [2.45, 2.75) is 31.7 Å². The first kappa shape index (κ1) is 25.7. The maximum absolute atomic E-state index is 13.3. The number of benzene rings is 2. The van der Waals surface area contributed by atoms with Crippen LogP contribution in [0.5, 0.6) is 0 Å². The Labute approximate surface area is 202 Å². The highest BCUT2D eigenvalue weighted by molar-refractivity contribution is 5.95. The fourth-order valence-electron chi connectivity index (χ4n) is 4.43. The Morgan fingerprint density at radius 1 is 0.944 bits per heavy atom. The third-order valence-corrected chi connectivity index (χ3v) is 6.02. The van der Waals surface area contributed by atoms with E-state index in [4.69, 9.17) is 4.42 Å². The van der Waals surface area contributed by atoms with E-state index in [-0.39, 0.29) is 44.4 Å². The van der Waals surface area contributed by atoms with E-state index in [0.717, 1.165) is 5.39 Å². The van der Waals surface area contributed by atoms with E-state index in [9.17, 15) is 35.9 Å². The molecule has 2 heterocycles. The molecule has 0 N–H and O–H groups in total. The third-order valence-electron chi connectivity index (χ3n) is 6.02. The molecule has 0 saturated carbocycles. The van der Waals surface area contributed by atoms with Crippen LogP contribution in [0.3, 0.4) is 0 Å². The number of furan rings is 1. The second-order valence-electron chi connectivity index (χ2n) is 8.84. The monoisotopic (exact) mass is 512 g/mol. The molecule has 0 radical (unpaired) electrons. The number of para-hydroxylation sites is 1. The number of hydrogen-bond donors (Lipinski definition) is 0. The average Bonchev–Trinajstić information content (AvgIpc) is 3.19. The number of piperazine rings is 1. The van der Waals surface area contributed by atoms with Crippen molar-refractivity contribution in [3.63, 3.8) is 0 Å². The van der Waals surface area contributed by atoms with Gasteiger partial charge in [0.25, 0.3) is 5.91 Å². The van der Waals surface area contributed by atoms with Crippen LogP contribution in [0.4, 0.5) is 26.3 Å². The van der Waals surface area contributed by atoms with Gasteiger partial charge in [-0.15, -0.1) is 0 Å². The van der Waals surface area contributed by atoms with Gasteiger partial charge in [0.15, 0.2) is 0 Å². The lowest BCUT2D eigenvalue weighted by molar-refractivity contribution is -0.143. The van der Waals surface area contributed by atoms with E-state index in [1.165, 1.54) is 11.8 Å². The van der Waals surface area contributed by atoms with Crippen LogP contribution < -0.4 is 0 Å². The molecule has 1 atom stereocenters. The summed E-state index contributed by atoms with van der Waals surface area (Å²) in [5.74, 6) is -0.552. The van der Waals surface area contributed by atoms with Gasteiger partial charge >= 0.3 is 12.4 Å². The molecule has 1 fully saturated rings. The molecule has 3 aromatic rings. The number of ketones is 1. The first-order chi connectivity index (χ1) is 16.8. The van der Waals surface area contributed by atoms with Crippen LogP contribution in [-0.4, -0.2) is 53.7 Å². The molecule has 192 valence electrons. The molecular weight excluding hydrogens is 490 g/mol. The normalized spacial score (nSPS) is 17.5. The number of amides is 1. The first-order valence-electron chi connectivity index (χ1n) is 11.1. The number of nitrogens with zero attached hydrogens (tertiary/aromatic N) is 2. The number of carbonyl (C=O) groups excluding carboxylic acids is 2. The van der Waals surface area contributed by atoms with E-state index < -0.39 is 41.0 Å². The second-order valence-corrected chi connectivity index (χ2v) is 8.84. The zero-order valence-electron chi connectivity index (χ0n) is 19.1. The van der Waals surface area contributed by atoms with E-state index in [0.29, 0.717) is 23.5 Å². The Kier molecular flexibility index (Phi) is 6.87. The number of fused-ring (bicyclic) bond motifs is 1. The molecule has 2 aromatic carbocycles. The van der Waals surface area contributed by atoms with Gasteiger partial charge in [-0.1, -0.05) is 18.2 Å². The summed E-state index contributed by atoms with van der Waals surface area (Å²) in [6.07, 6.45) is -9.96. The molecule has 1 aromatic heterocycles. The number of alkyl halides is 6. The summed E-state index contributed by atoms with van der Waals surface area (Å²) in [5, 5.41) is 0.814. The summed E-state index contributed by atoms with van der Waals surface area (Å²) in [6, 6.07) is 9.19. The summed E-state index contributed by atoms with van der Waals surface area (Å²) in [5.41, 5.74) is -3.20. The summed E-state index contributed by atoms with van der Waals surface area (Å²) in [4.78, 5) is 28.0. The molecule has 1 aliphatic heterocycles. The lowest BCUT2D eigenvalue weighted by atomic mass is 10.0. The fourth-order valence-corrected chi connectivity index (χ4v) is 4.43. The molecule has 1 aliphatic rings. The van der Waals surface area contributed by atoms with Crippen LogP contribution in [0.25, 0.3) is 11.0 Å². The quantitative estimate of drug-likeness (QED) is 0.428. The van der Waals surface area contributed by atoms with Gasteiger partial charge in [0.2, 0.25) is 0 Å². The molecule has 5 nitrogen and oxygen atoms in total. The SMILES string of the molecule is CC(=O)CN1CCN(C(=O)c2cc(C(F)(F)F)cc(C(F)(F)F)c2)C(Cc2cc3ccccc3o2)C1. The maximum atomic E-state index is 13.3. The minimum Gasteiger partial charge on any atom is -0.461 e. The molecule has 11 heteroatoms. The van der Waals surface area contributed by atoms with E-state index in [2.05, 4.69) is 0 Å². The van der Waals surface area contributed by atoms with Gasteiger partial charge in [0, 0.05) is 37.0 Å². The van der Waals surface area contributed by atoms with Crippen molar-refractivity contribution >= 4 is 22.7 Å². The van der Waals surface area contributed by atoms with Crippen LogP contribution in [0.1, 0.15) is 34.2 Å². The average molecular weight is 512 g/mol. The van der Waals surface area contributed by atoms with Gasteiger partial charge in [0.1, 0.15) is 17.1 Å². The van der Waals surface area contributed by atoms with Crippen molar-refractivity contribution in [3.05, 3.63) is 71.0 Å². The minimum absolute atomic E-state index is 0.00648. The molecule has 36 heavy (non-hydrogen) atoms. The van der Waals surface area contributed by atoms with Crippen molar-refractivity contribution in [2.24, 2.45) is 0 Å². The van der Waals surface area contributed by atoms with E-state index in [1.807, 2.05) is 12.1 Å². The lowest BCUT2D eigenvalue weighted by Crippen LogP contribution is -2.56. The molecule has 0 aliphatic carbocycles. The summed E-state index contributed by atoms with van der Waals surface area (Å²) >= 11 is 0. The third kappa shape index (κ3) is 5.72. The van der Waals surface area contributed by atoms with Crippen LogP contribution in [0, 0.1) is 0 Å². The molecular formula is C25H22F6N2O3. The van der Waals surface area contributed by atoms with Crippen molar-refractivity contribution in [1.82, 2.24) is 9.80 Å². The number of halogens is 6. The van der Waals surface area contributed by atoms with Crippen molar-refractivity contribution < 1.29 is 40.3 Å². The Morgan fingerprint density at radius 3 is 2.17 bits per heavy atom. The number of rotatable bonds is 5. The van der Waals surface area contributed by atoms with Crippen LogP contribution in [0.15, 0.2) is 52.9 Å². The Morgan fingerprint density at radius 2 is 1.58 bits per heavy atom. The highest BCUT2D eigenvalue weighted by Crippen LogP contribution is 2.37. The largest absolute Gasteiger partial charge is 0.461 e. The van der Waals surface area contributed by atoms with Gasteiger partial charge in [-0.05, 0) is 37.3 Å². The molecule has 1 unspecified atom stereocenters. The first-order valence-corrected chi connectivity index (χ1v) is 11.1. The topological polar surface area (TPSA) is 53.8 Å². The Bertz CT molecular complexity index is 1220. The van der Waals surface area contributed by atoms with Gasteiger partial charge in [-0.25, -0.2) is 0 Å². The molecule has 1 saturated heterocycles. The maximum Gasteiger partial charge on any atom is 0.416 e. The zero-order chi connectivity index (χ0) is 26.3. The summed E-state index contributed by atoms with van der Waals surface area (Å²) in [6.45, 7) is 1.99. The molecule has 0 bridgehead atoms. The molecule has 4 rings (SSSR count). The smallest absolute Gasteiger partial charge is 0.416 e. The van der Waals surface area contributed by atoms with Crippen LogP contribution in [-0.2, 0) is 23.6 Å². The number of Topliss-reactive ketones (excluding diaryl/α,β-unsaturated/α-hetero) is 1. The lowest BCUT2D eigenvalue weighted by Gasteiger charge is -2.41. The van der Waals surface area contributed by atoms with Gasteiger partial charge in [0.05, 0.1) is 23.7 Å². The zero-order valence-corrected chi connectivity index (χ0v) is 19.1. The Hall–Kier alpha value is -3.34. The van der Waals surface area contributed by atoms with Crippen molar-refractivity contribution in [3.8, 4) is 0 Å². The van der Waals surface area contributed by atoms with Gasteiger partial charge in [-0.2, -0.15) is 26.3 Å². The summed E-state index contributed by atoms with van der Waals surface area (Å²) < 4.78 is 85.8. The van der Waals surface area contributed by atoms with E-state index >= 15 is 0 Å². The van der Waals surface area contributed by atoms with Crippen LogP contribution in [0.2, 0.25) is 0 Å². The number of hydrogen-bond acceptors (Lipinski definition) is 4. The predicted molar refractivity (Wildman–Crippen MR) is 118 cm³/mol. The fraction of sp³-hybridized carbons (Fsp3) is 0.360. The van der Waals surface area contributed by atoms with Gasteiger partial charge < -0.3 is 9.32 Å². The predicted octanol–water partition coefficient (Wildman–Crippen LogP) is 5.43.